The van der Waals surface area contributed by atoms with Crippen molar-refractivity contribution in [2.75, 3.05) is 51.3 Å². The Balaban J connectivity index is 1.98. The minimum Gasteiger partial charge on any atom is -0.473 e. The fourth-order valence-corrected chi connectivity index (χ4v) is 2.06. The summed E-state index contributed by atoms with van der Waals surface area (Å²) in [6.45, 7) is 6.58. The number of aromatic nitrogens is 2. The molecule has 2 heterocycles. The summed E-state index contributed by atoms with van der Waals surface area (Å²) in [5, 5.41) is 14.1. The molecule has 1 aromatic heterocycles. The lowest BCUT2D eigenvalue weighted by Gasteiger charge is -2.26. The van der Waals surface area contributed by atoms with Crippen molar-refractivity contribution in [3.63, 3.8) is 0 Å². The van der Waals surface area contributed by atoms with Gasteiger partial charge in [-0.25, -0.2) is 4.98 Å². The highest BCUT2D eigenvalue weighted by atomic mass is 16.6. The molecule has 0 spiro atoms. The van der Waals surface area contributed by atoms with Gasteiger partial charge in [0.05, 0.1) is 24.7 Å². The summed E-state index contributed by atoms with van der Waals surface area (Å²) < 4.78 is 10.4. The van der Waals surface area contributed by atoms with Gasteiger partial charge < -0.3 is 14.8 Å². The number of hydrogen-bond donors (Lipinski definition) is 1. The molecule has 1 aromatic rings. The van der Waals surface area contributed by atoms with E-state index >= 15 is 0 Å². The van der Waals surface area contributed by atoms with Gasteiger partial charge in [-0.15, -0.1) is 0 Å². The predicted molar refractivity (Wildman–Crippen MR) is 75.6 cm³/mol. The fraction of sp³-hybridized carbons (Fsp3) is 0.667. The Labute approximate surface area is 122 Å². The molecule has 9 heteroatoms. The maximum atomic E-state index is 11.2. The van der Waals surface area contributed by atoms with Gasteiger partial charge >= 0.3 is 5.69 Å². The first-order valence-corrected chi connectivity index (χ1v) is 6.88. The molecule has 2 rings (SSSR count). The van der Waals surface area contributed by atoms with Gasteiger partial charge in [0.15, 0.2) is 0 Å². The molecule has 0 saturated carbocycles. The molecule has 0 unspecified atom stereocenters. The molecule has 0 atom stereocenters. The standard InChI is InChI=1S/C12H19N5O4/c1-2-21-12-10(17(18)19)11(14-9-15-12)13-3-4-16-5-7-20-8-6-16/h9H,2-8H2,1H3,(H,13,14,15). The number of morpholine rings is 1. The van der Waals surface area contributed by atoms with Crippen molar-refractivity contribution in [3.8, 4) is 5.88 Å². The number of nitro groups is 1. The molecular formula is C12H19N5O4. The summed E-state index contributed by atoms with van der Waals surface area (Å²) >= 11 is 0. The zero-order valence-corrected chi connectivity index (χ0v) is 11.9. The van der Waals surface area contributed by atoms with Crippen LogP contribution in [0.4, 0.5) is 11.5 Å². The third-order valence-corrected chi connectivity index (χ3v) is 3.08. The van der Waals surface area contributed by atoms with Gasteiger partial charge in [-0.05, 0) is 6.92 Å². The van der Waals surface area contributed by atoms with Gasteiger partial charge in [-0.2, -0.15) is 4.98 Å². The van der Waals surface area contributed by atoms with E-state index < -0.39 is 4.92 Å². The van der Waals surface area contributed by atoms with E-state index in [2.05, 4.69) is 20.2 Å². The Morgan fingerprint density at radius 1 is 1.48 bits per heavy atom. The van der Waals surface area contributed by atoms with E-state index in [4.69, 9.17) is 9.47 Å². The third-order valence-electron chi connectivity index (χ3n) is 3.08. The summed E-state index contributed by atoms with van der Waals surface area (Å²) in [5.74, 6) is 0.179. The van der Waals surface area contributed by atoms with Crippen LogP contribution in [0.25, 0.3) is 0 Å². The molecule has 0 amide bonds. The Kier molecular flexibility index (Phi) is 5.64. The summed E-state index contributed by atoms with van der Waals surface area (Å²) in [4.78, 5) is 20.6. The first kappa shape index (κ1) is 15.4. The topological polar surface area (TPSA) is 103 Å². The molecule has 1 aliphatic heterocycles. The monoisotopic (exact) mass is 297 g/mol. The summed E-state index contributed by atoms with van der Waals surface area (Å²) in [5.41, 5.74) is -0.221. The summed E-state index contributed by atoms with van der Waals surface area (Å²) in [6, 6.07) is 0. The van der Waals surface area contributed by atoms with E-state index in [1.54, 1.807) is 6.92 Å². The van der Waals surface area contributed by atoms with Crippen molar-refractivity contribution in [2.24, 2.45) is 0 Å². The SMILES string of the molecule is CCOc1ncnc(NCCN2CCOCC2)c1[N+](=O)[O-]. The number of nitrogens with zero attached hydrogens (tertiary/aromatic N) is 4. The number of ether oxygens (including phenoxy) is 2. The number of anilines is 1. The van der Waals surface area contributed by atoms with Crippen LogP contribution in [0.1, 0.15) is 6.92 Å². The fourth-order valence-electron chi connectivity index (χ4n) is 2.06. The molecule has 116 valence electrons. The second-order valence-electron chi connectivity index (χ2n) is 4.45. The molecule has 21 heavy (non-hydrogen) atoms. The van der Waals surface area contributed by atoms with E-state index in [1.165, 1.54) is 6.33 Å². The van der Waals surface area contributed by atoms with Crippen LogP contribution in [-0.2, 0) is 4.74 Å². The molecule has 0 aliphatic carbocycles. The minimum atomic E-state index is -0.526. The molecule has 1 aliphatic rings. The maximum absolute atomic E-state index is 11.2. The van der Waals surface area contributed by atoms with Crippen LogP contribution in [0.15, 0.2) is 6.33 Å². The maximum Gasteiger partial charge on any atom is 0.372 e. The molecule has 0 bridgehead atoms. The van der Waals surface area contributed by atoms with Gasteiger partial charge in [0, 0.05) is 26.2 Å². The van der Waals surface area contributed by atoms with Crippen molar-refractivity contribution in [2.45, 2.75) is 6.92 Å². The highest BCUT2D eigenvalue weighted by molar-refractivity contribution is 5.61. The number of rotatable bonds is 7. The van der Waals surface area contributed by atoms with Crippen LogP contribution in [0, 0.1) is 10.1 Å². The smallest absolute Gasteiger partial charge is 0.372 e. The molecular weight excluding hydrogens is 278 g/mol. The van der Waals surface area contributed by atoms with Crippen molar-refractivity contribution in [1.29, 1.82) is 0 Å². The molecule has 1 N–H and O–H groups in total. The molecule has 9 nitrogen and oxygen atoms in total. The average Bonchev–Trinajstić information content (AvgIpc) is 2.48. The Hall–Kier alpha value is -2.00. The van der Waals surface area contributed by atoms with E-state index in [-0.39, 0.29) is 17.4 Å². The van der Waals surface area contributed by atoms with Crippen molar-refractivity contribution in [1.82, 2.24) is 14.9 Å². The Morgan fingerprint density at radius 3 is 2.90 bits per heavy atom. The van der Waals surface area contributed by atoms with Crippen LogP contribution >= 0.6 is 0 Å². The van der Waals surface area contributed by atoms with Gasteiger partial charge in [-0.3, -0.25) is 15.0 Å². The Morgan fingerprint density at radius 2 is 2.24 bits per heavy atom. The highest BCUT2D eigenvalue weighted by Gasteiger charge is 2.24. The second-order valence-corrected chi connectivity index (χ2v) is 4.45. The number of nitrogens with one attached hydrogen (secondary N) is 1. The normalized spacial score (nSPS) is 15.7. The molecule has 1 saturated heterocycles. The molecule has 0 radical (unpaired) electrons. The zero-order chi connectivity index (χ0) is 15.1. The largest absolute Gasteiger partial charge is 0.473 e. The van der Waals surface area contributed by atoms with Gasteiger partial charge in [0.25, 0.3) is 5.88 Å². The summed E-state index contributed by atoms with van der Waals surface area (Å²) in [6.07, 6.45) is 1.26. The van der Waals surface area contributed by atoms with Crippen LogP contribution in [0.2, 0.25) is 0 Å². The van der Waals surface area contributed by atoms with Crippen LogP contribution in [0.3, 0.4) is 0 Å². The zero-order valence-electron chi connectivity index (χ0n) is 11.9. The van der Waals surface area contributed by atoms with E-state index in [0.29, 0.717) is 13.2 Å². The summed E-state index contributed by atoms with van der Waals surface area (Å²) in [7, 11) is 0. The molecule has 1 fully saturated rings. The Bertz CT molecular complexity index is 479. The van der Waals surface area contributed by atoms with Crippen molar-refractivity contribution in [3.05, 3.63) is 16.4 Å². The molecule has 0 aromatic carbocycles. The highest BCUT2D eigenvalue weighted by Crippen LogP contribution is 2.30. The first-order valence-electron chi connectivity index (χ1n) is 6.88. The lowest BCUT2D eigenvalue weighted by molar-refractivity contribution is -0.385. The van der Waals surface area contributed by atoms with E-state index in [0.717, 1.165) is 32.8 Å². The minimum absolute atomic E-state index is 0.00799. The third kappa shape index (κ3) is 4.23. The quantitative estimate of drug-likeness (QED) is 0.574. The second kappa shape index (κ2) is 7.70. The van der Waals surface area contributed by atoms with E-state index in [9.17, 15) is 10.1 Å². The van der Waals surface area contributed by atoms with Crippen LogP contribution in [0.5, 0.6) is 5.88 Å². The van der Waals surface area contributed by atoms with Crippen LogP contribution in [-0.4, -0.2) is 65.8 Å². The van der Waals surface area contributed by atoms with Gasteiger partial charge in [-0.1, -0.05) is 0 Å². The van der Waals surface area contributed by atoms with Crippen molar-refractivity contribution >= 4 is 11.5 Å². The van der Waals surface area contributed by atoms with Gasteiger partial charge in [0.1, 0.15) is 6.33 Å². The average molecular weight is 297 g/mol. The predicted octanol–water partition coefficient (Wildman–Crippen LogP) is 0.528. The number of hydrogen-bond acceptors (Lipinski definition) is 8. The van der Waals surface area contributed by atoms with E-state index in [1.807, 2.05) is 0 Å². The first-order chi connectivity index (χ1) is 10.2. The van der Waals surface area contributed by atoms with Crippen LogP contribution < -0.4 is 10.1 Å². The lowest BCUT2D eigenvalue weighted by atomic mass is 10.4. The van der Waals surface area contributed by atoms with Gasteiger partial charge in [0.2, 0.25) is 5.82 Å². The lowest BCUT2D eigenvalue weighted by Crippen LogP contribution is -2.39. The van der Waals surface area contributed by atoms with Crippen molar-refractivity contribution < 1.29 is 14.4 Å².